The Labute approximate surface area is 183 Å². The van der Waals surface area contributed by atoms with Gasteiger partial charge >= 0.3 is 0 Å². The van der Waals surface area contributed by atoms with Gasteiger partial charge < -0.3 is 4.74 Å². The maximum Gasteiger partial charge on any atom is 0.268 e. The van der Waals surface area contributed by atoms with Gasteiger partial charge in [-0.3, -0.25) is 10.1 Å². The second-order valence-corrected chi connectivity index (χ2v) is 9.67. The van der Waals surface area contributed by atoms with E-state index in [-0.39, 0.29) is 20.8 Å². The van der Waals surface area contributed by atoms with Gasteiger partial charge in [-0.05, 0) is 29.3 Å². The Kier molecular flexibility index (Phi) is 7.12. The van der Waals surface area contributed by atoms with Crippen LogP contribution in [0.5, 0.6) is 5.75 Å². The van der Waals surface area contributed by atoms with Crippen molar-refractivity contribution in [2.45, 2.75) is 17.9 Å². The van der Waals surface area contributed by atoms with Crippen molar-refractivity contribution < 1.29 is 17.9 Å². The van der Waals surface area contributed by atoms with Crippen LogP contribution in [0.2, 0.25) is 0 Å². The van der Waals surface area contributed by atoms with E-state index in [9.17, 15) is 18.5 Å². The van der Waals surface area contributed by atoms with E-state index in [0.29, 0.717) is 17.9 Å². The Morgan fingerprint density at radius 1 is 1.16 bits per heavy atom. The highest BCUT2D eigenvalue weighted by Crippen LogP contribution is 2.22. The summed E-state index contributed by atoms with van der Waals surface area (Å²) in [6.07, 6.45) is 1.42. The lowest BCUT2D eigenvalue weighted by molar-refractivity contribution is -0.112. The molecule has 3 rings (SSSR count). The number of aromatic nitrogens is 2. The molecule has 0 saturated carbocycles. The summed E-state index contributed by atoms with van der Waals surface area (Å²) in [5.74, 6) is -0.171. The predicted molar refractivity (Wildman–Crippen MR) is 117 cm³/mol. The minimum atomic E-state index is -3.51. The summed E-state index contributed by atoms with van der Waals surface area (Å²) in [5.41, 5.74) is 1.51. The molecule has 10 heteroatoms. The van der Waals surface area contributed by atoms with E-state index < -0.39 is 15.7 Å². The van der Waals surface area contributed by atoms with E-state index >= 15 is 0 Å². The number of ether oxygens (including phenoxy) is 1. The topological polar surface area (TPSA) is 122 Å². The van der Waals surface area contributed by atoms with Crippen molar-refractivity contribution in [3.05, 3.63) is 71.3 Å². The first-order valence-corrected chi connectivity index (χ1v) is 11.6. The number of nitriles is 1. The van der Waals surface area contributed by atoms with Crippen molar-refractivity contribution in [1.29, 1.82) is 5.26 Å². The third-order valence-electron chi connectivity index (χ3n) is 4.08. The molecular formula is C21H18N4O4S2. The van der Waals surface area contributed by atoms with Gasteiger partial charge in [-0.25, -0.2) is 8.42 Å². The summed E-state index contributed by atoms with van der Waals surface area (Å²) in [6.45, 7) is 1.92. The Morgan fingerprint density at radius 3 is 2.52 bits per heavy atom. The van der Waals surface area contributed by atoms with Crippen LogP contribution in [0.25, 0.3) is 6.08 Å². The van der Waals surface area contributed by atoms with Crippen LogP contribution in [0.15, 0.2) is 64.5 Å². The van der Waals surface area contributed by atoms with Crippen molar-refractivity contribution in [3.63, 3.8) is 0 Å². The van der Waals surface area contributed by atoms with Crippen molar-refractivity contribution in [2.75, 3.05) is 11.1 Å². The third kappa shape index (κ3) is 5.97. The number of benzene rings is 2. The molecule has 158 valence electrons. The van der Waals surface area contributed by atoms with Gasteiger partial charge in [0.1, 0.15) is 24.0 Å². The summed E-state index contributed by atoms with van der Waals surface area (Å²) in [5, 5.41) is 19.0. The maximum absolute atomic E-state index is 12.4. The molecule has 1 heterocycles. The standard InChI is InChI=1S/C21H18N4O4S2/c1-2-31(27,28)21-25-24-20(30-21)23-19(26)17(13-22)12-15-8-10-18(11-9-15)29-14-16-6-4-3-5-7-16/h3-12H,2,14H2,1H3,(H,23,24,26)/b17-12-. The van der Waals surface area contributed by atoms with E-state index in [0.717, 1.165) is 16.9 Å². The first kappa shape index (κ1) is 22.1. The molecule has 0 radical (unpaired) electrons. The quantitative estimate of drug-likeness (QED) is 0.314. The number of carbonyl (C=O) groups excluding carboxylic acids is 1. The Hall–Kier alpha value is -3.55. The van der Waals surface area contributed by atoms with Crippen LogP contribution < -0.4 is 10.1 Å². The summed E-state index contributed by atoms with van der Waals surface area (Å²) >= 11 is 0.737. The van der Waals surface area contributed by atoms with Gasteiger partial charge in [-0.15, -0.1) is 10.2 Å². The fourth-order valence-electron chi connectivity index (χ4n) is 2.39. The lowest BCUT2D eigenvalue weighted by Gasteiger charge is -2.06. The molecule has 1 amide bonds. The van der Waals surface area contributed by atoms with E-state index in [1.54, 1.807) is 24.3 Å². The lowest BCUT2D eigenvalue weighted by atomic mass is 10.1. The number of amides is 1. The fraction of sp³-hybridized carbons (Fsp3) is 0.143. The van der Waals surface area contributed by atoms with Crippen molar-refractivity contribution in [1.82, 2.24) is 10.2 Å². The summed E-state index contributed by atoms with van der Waals surface area (Å²) in [7, 11) is -3.51. The van der Waals surface area contributed by atoms with Gasteiger partial charge in [-0.1, -0.05) is 60.7 Å². The molecule has 1 aromatic heterocycles. The predicted octanol–water partition coefficient (Wildman–Crippen LogP) is 3.46. The van der Waals surface area contributed by atoms with Crippen LogP contribution >= 0.6 is 11.3 Å². The monoisotopic (exact) mass is 454 g/mol. The van der Waals surface area contributed by atoms with Crippen LogP contribution in [-0.2, 0) is 21.2 Å². The average molecular weight is 455 g/mol. The highest BCUT2D eigenvalue weighted by molar-refractivity contribution is 7.93. The zero-order chi connectivity index (χ0) is 22.3. The molecule has 1 N–H and O–H groups in total. The van der Waals surface area contributed by atoms with Crippen LogP contribution in [0, 0.1) is 11.3 Å². The molecule has 0 bridgehead atoms. The molecule has 2 aromatic carbocycles. The van der Waals surface area contributed by atoms with Crippen molar-refractivity contribution in [2.24, 2.45) is 0 Å². The van der Waals surface area contributed by atoms with Crippen LogP contribution in [-0.4, -0.2) is 30.3 Å². The first-order chi connectivity index (χ1) is 14.9. The molecule has 0 aliphatic heterocycles. The molecule has 0 atom stereocenters. The number of anilines is 1. The second-order valence-electron chi connectivity index (χ2n) is 6.24. The number of hydrogen-bond acceptors (Lipinski definition) is 8. The molecule has 3 aromatic rings. The normalized spacial score (nSPS) is 11.5. The minimum absolute atomic E-state index is 0.00262. The lowest BCUT2D eigenvalue weighted by Crippen LogP contribution is -2.13. The van der Waals surface area contributed by atoms with E-state index in [1.807, 2.05) is 36.4 Å². The van der Waals surface area contributed by atoms with Gasteiger partial charge in [0.15, 0.2) is 0 Å². The summed E-state index contributed by atoms with van der Waals surface area (Å²) in [4.78, 5) is 12.4. The first-order valence-electron chi connectivity index (χ1n) is 9.17. The Balaban J connectivity index is 1.65. The minimum Gasteiger partial charge on any atom is -0.489 e. The SMILES string of the molecule is CCS(=O)(=O)c1nnc(NC(=O)/C(C#N)=C\c2ccc(OCc3ccccc3)cc2)s1. The van der Waals surface area contributed by atoms with Crippen LogP contribution in [0.4, 0.5) is 5.13 Å². The second kappa shape index (κ2) is 9.97. The molecule has 0 spiro atoms. The van der Waals surface area contributed by atoms with Gasteiger partial charge in [-0.2, -0.15) is 5.26 Å². The third-order valence-corrected chi connectivity index (χ3v) is 7.10. The molecule has 8 nitrogen and oxygen atoms in total. The Morgan fingerprint density at radius 2 is 1.87 bits per heavy atom. The van der Waals surface area contributed by atoms with Gasteiger partial charge in [0, 0.05) is 0 Å². The van der Waals surface area contributed by atoms with Crippen molar-refractivity contribution >= 4 is 38.3 Å². The zero-order valence-corrected chi connectivity index (χ0v) is 18.1. The summed E-state index contributed by atoms with van der Waals surface area (Å²) < 4.78 is 29.1. The largest absolute Gasteiger partial charge is 0.489 e. The van der Waals surface area contributed by atoms with Gasteiger partial charge in [0.25, 0.3) is 5.91 Å². The van der Waals surface area contributed by atoms with Crippen LogP contribution in [0.3, 0.4) is 0 Å². The molecular weight excluding hydrogens is 436 g/mol. The number of hydrogen-bond donors (Lipinski definition) is 1. The maximum atomic E-state index is 12.4. The summed E-state index contributed by atoms with van der Waals surface area (Å²) in [6, 6.07) is 18.5. The fourth-order valence-corrected chi connectivity index (χ4v) is 4.37. The Bertz CT molecular complexity index is 1230. The average Bonchev–Trinajstić information content (AvgIpc) is 3.27. The molecule has 0 aliphatic carbocycles. The van der Waals surface area contributed by atoms with E-state index in [4.69, 9.17) is 4.74 Å². The number of nitrogens with one attached hydrogen (secondary N) is 1. The number of rotatable bonds is 8. The smallest absolute Gasteiger partial charge is 0.268 e. The molecule has 0 fully saturated rings. The number of carbonyl (C=O) groups is 1. The van der Waals surface area contributed by atoms with Gasteiger partial charge in [0.05, 0.1) is 5.75 Å². The van der Waals surface area contributed by atoms with Gasteiger partial charge in [0.2, 0.25) is 19.3 Å². The molecule has 0 aliphatic rings. The highest BCUT2D eigenvalue weighted by Gasteiger charge is 2.19. The molecule has 31 heavy (non-hydrogen) atoms. The van der Waals surface area contributed by atoms with Crippen molar-refractivity contribution in [3.8, 4) is 11.8 Å². The van der Waals surface area contributed by atoms with E-state index in [1.165, 1.54) is 13.0 Å². The highest BCUT2D eigenvalue weighted by atomic mass is 32.2. The zero-order valence-electron chi connectivity index (χ0n) is 16.5. The molecule has 0 saturated heterocycles. The number of nitrogens with zero attached hydrogens (tertiary/aromatic N) is 3. The molecule has 0 unspecified atom stereocenters. The number of sulfone groups is 1. The van der Waals surface area contributed by atoms with Crippen LogP contribution in [0.1, 0.15) is 18.1 Å². The van der Waals surface area contributed by atoms with E-state index in [2.05, 4.69) is 15.5 Å².